The summed E-state index contributed by atoms with van der Waals surface area (Å²) in [7, 11) is 4.83. The van der Waals surface area contributed by atoms with E-state index in [4.69, 9.17) is 9.47 Å². The number of hydrogen-bond donors (Lipinski definition) is 3. The molecule has 0 unspecified atom stereocenters. The Balaban J connectivity index is 0.00000364. The van der Waals surface area contributed by atoms with Gasteiger partial charge in [0.05, 0.1) is 32.6 Å². The first kappa shape index (κ1) is 22.5. The van der Waals surface area contributed by atoms with Crippen molar-refractivity contribution in [2.45, 2.75) is 6.54 Å². The molecule has 0 saturated carbocycles. The Labute approximate surface area is 175 Å². The van der Waals surface area contributed by atoms with Crippen molar-refractivity contribution in [2.75, 3.05) is 33.1 Å². The second-order valence-corrected chi connectivity index (χ2v) is 5.26. The van der Waals surface area contributed by atoms with Crippen LogP contribution in [0.25, 0.3) is 0 Å². The van der Waals surface area contributed by atoms with E-state index in [-0.39, 0.29) is 36.4 Å². The van der Waals surface area contributed by atoms with Crippen molar-refractivity contribution in [3.63, 3.8) is 0 Å². The number of rotatable bonds is 7. The Morgan fingerprint density at radius 1 is 1.15 bits per heavy atom. The molecule has 0 bridgehead atoms. The number of ether oxygens (including phenoxy) is 2. The normalized spacial score (nSPS) is 10.4. The molecule has 146 valence electrons. The van der Waals surface area contributed by atoms with E-state index in [9.17, 15) is 4.79 Å². The highest BCUT2D eigenvalue weighted by molar-refractivity contribution is 14.0. The van der Waals surface area contributed by atoms with Crippen LogP contribution in [0.2, 0.25) is 0 Å². The molecular formula is C18H24IN5O3. The van der Waals surface area contributed by atoms with Crippen LogP contribution in [0.15, 0.2) is 47.7 Å². The Hall–Kier alpha value is -2.56. The van der Waals surface area contributed by atoms with Gasteiger partial charge in [-0.1, -0.05) is 6.07 Å². The minimum absolute atomic E-state index is 0. The summed E-state index contributed by atoms with van der Waals surface area (Å²) in [6, 6.07) is 9.18. The summed E-state index contributed by atoms with van der Waals surface area (Å²) >= 11 is 0. The molecule has 0 fully saturated rings. The molecule has 0 radical (unpaired) electrons. The van der Waals surface area contributed by atoms with Gasteiger partial charge in [-0.15, -0.1) is 24.0 Å². The van der Waals surface area contributed by atoms with Gasteiger partial charge in [0.15, 0.2) is 17.5 Å². The molecule has 0 saturated heterocycles. The van der Waals surface area contributed by atoms with Crippen LogP contribution in [0, 0.1) is 0 Å². The Morgan fingerprint density at radius 2 is 1.93 bits per heavy atom. The second kappa shape index (κ2) is 11.9. The van der Waals surface area contributed by atoms with E-state index < -0.39 is 0 Å². The average Bonchev–Trinajstić information content (AvgIpc) is 2.68. The second-order valence-electron chi connectivity index (χ2n) is 5.26. The lowest BCUT2D eigenvalue weighted by molar-refractivity contribution is -0.115. The molecule has 2 rings (SSSR count). The number of halogens is 1. The maximum absolute atomic E-state index is 11.9. The van der Waals surface area contributed by atoms with E-state index in [1.54, 1.807) is 45.8 Å². The molecular weight excluding hydrogens is 461 g/mol. The summed E-state index contributed by atoms with van der Waals surface area (Å²) in [5.74, 6) is 1.66. The number of carbonyl (C=O) groups is 1. The summed E-state index contributed by atoms with van der Waals surface area (Å²) in [4.78, 5) is 20.0. The smallest absolute Gasteiger partial charge is 0.243 e. The third-order valence-electron chi connectivity index (χ3n) is 3.49. The summed E-state index contributed by atoms with van der Waals surface area (Å²) in [6.45, 7) is 0.602. The van der Waals surface area contributed by atoms with Crippen LogP contribution in [0.3, 0.4) is 0 Å². The summed E-state index contributed by atoms with van der Waals surface area (Å²) in [5.41, 5.74) is 1.64. The number of hydrogen-bond acceptors (Lipinski definition) is 5. The highest BCUT2D eigenvalue weighted by Crippen LogP contribution is 2.27. The maximum atomic E-state index is 11.9. The number of methoxy groups -OCH3 is 2. The van der Waals surface area contributed by atoms with E-state index >= 15 is 0 Å². The fourth-order valence-electron chi connectivity index (χ4n) is 2.20. The van der Waals surface area contributed by atoms with Gasteiger partial charge < -0.3 is 25.4 Å². The Morgan fingerprint density at radius 3 is 2.56 bits per heavy atom. The lowest BCUT2D eigenvalue weighted by Gasteiger charge is -2.13. The monoisotopic (exact) mass is 485 g/mol. The number of pyridine rings is 1. The molecule has 9 heteroatoms. The van der Waals surface area contributed by atoms with Gasteiger partial charge in [-0.2, -0.15) is 0 Å². The van der Waals surface area contributed by atoms with Gasteiger partial charge in [0.2, 0.25) is 5.91 Å². The molecule has 27 heavy (non-hydrogen) atoms. The van der Waals surface area contributed by atoms with Gasteiger partial charge in [0.1, 0.15) is 0 Å². The average molecular weight is 485 g/mol. The van der Waals surface area contributed by atoms with Crippen molar-refractivity contribution in [1.82, 2.24) is 15.6 Å². The predicted octanol–water partition coefficient (Wildman–Crippen LogP) is 2.02. The number of anilines is 1. The lowest BCUT2D eigenvalue weighted by atomic mass is 10.2. The number of aromatic nitrogens is 1. The third kappa shape index (κ3) is 7.29. The zero-order valence-electron chi connectivity index (χ0n) is 15.5. The molecule has 0 spiro atoms. The largest absolute Gasteiger partial charge is 0.493 e. The Kier molecular flexibility index (Phi) is 9.94. The van der Waals surface area contributed by atoms with Crippen molar-refractivity contribution in [1.29, 1.82) is 0 Å². The molecule has 0 aliphatic heterocycles. The van der Waals surface area contributed by atoms with Gasteiger partial charge >= 0.3 is 0 Å². The first-order valence-electron chi connectivity index (χ1n) is 8.01. The highest BCUT2D eigenvalue weighted by atomic mass is 127. The number of carbonyl (C=O) groups excluding carboxylic acids is 1. The van der Waals surface area contributed by atoms with Gasteiger partial charge in [-0.25, -0.2) is 0 Å². The summed E-state index contributed by atoms with van der Waals surface area (Å²) in [5, 5.41) is 8.85. The third-order valence-corrected chi connectivity index (χ3v) is 3.49. The zero-order chi connectivity index (χ0) is 18.8. The first-order valence-corrected chi connectivity index (χ1v) is 8.01. The molecule has 1 amide bonds. The van der Waals surface area contributed by atoms with E-state index in [1.807, 2.05) is 18.2 Å². The van der Waals surface area contributed by atoms with Crippen molar-refractivity contribution in [3.05, 3.63) is 48.3 Å². The minimum atomic E-state index is -0.188. The fourth-order valence-corrected chi connectivity index (χ4v) is 2.20. The van der Waals surface area contributed by atoms with Gasteiger partial charge in [-0.3, -0.25) is 14.8 Å². The van der Waals surface area contributed by atoms with Gasteiger partial charge in [0.25, 0.3) is 0 Å². The SMILES string of the molecule is CN=C(NCC(=O)Nc1cccnc1)NCc1ccc(OC)c(OC)c1.I. The number of nitrogens with zero attached hydrogens (tertiary/aromatic N) is 2. The number of benzene rings is 1. The van der Waals surface area contributed by atoms with Gasteiger partial charge in [-0.05, 0) is 29.8 Å². The topological polar surface area (TPSA) is 96.9 Å². The van der Waals surface area contributed by atoms with Crippen molar-refractivity contribution >= 4 is 41.5 Å². The zero-order valence-corrected chi connectivity index (χ0v) is 17.8. The van der Waals surface area contributed by atoms with Crippen LogP contribution in [-0.2, 0) is 11.3 Å². The van der Waals surface area contributed by atoms with Crippen LogP contribution < -0.4 is 25.4 Å². The van der Waals surface area contributed by atoms with Crippen LogP contribution in [0.5, 0.6) is 11.5 Å². The van der Waals surface area contributed by atoms with Crippen LogP contribution in [-0.4, -0.2) is 44.7 Å². The molecule has 1 aromatic carbocycles. The van der Waals surface area contributed by atoms with E-state index in [2.05, 4.69) is 25.9 Å². The number of amides is 1. The van der Waals surface area contributed by atoms with Crippen LogP contribution in [0.4, 0.5) is 5.69 Å². The number of guanidine groups is 1. The minimum Gasteiger partial charge on any atom is -0.493 e. The van der Waals surface area contributed by atoms with Gasteiger partial charge in [0, 0.05) is 19.8 Å². The molecule has 3 N–H and O–H groups in total. The van der Waals surface area contributed by atoms with E-state index in [1.165, 1.54) is 0 Å². The lowest BCUT2D eigenvalue weighted by Crippen LogP contribution is -2.41. The molecule has 2 aromatic rings. The molecule has 8 nitrogen and oxygen atoms in total. The maximum Gasteiger partial charge on any atom is 0.243 e. The molecule has 0 atom stereocenters. The van der Waals surface area contributed by atoms with Crippen LogP contribution >= 0.6 is 24.0 Å². The van der Waals surface area contributed by atoms with Crippen molar-refractivity contribution in [2.24, 2.45) is 4.99 Å². The summed E-state index contributed by atoms with van der Waals surface area (Å²) < 4.78 is 10.5. The Bertz CT molecular complexity index is 756. The molecule has 0 aliphatic rings. The quantitative estimate of drug-likeness (QED) is 0.316. The number of nitrogens with one attached hydrogen (secondary N) is 3. The van der Waals surface area contributed by atoms with Crippen molar-refractivity contribution in [3.8, 4) is 11.5 Å². The predicted molar refractivity (Wildman–Crippen MR) is 116 cm³/mol. The first-order chi connectivity index (χ1) is 12.7. The molecule has 0 aliphatic carbocycles. The summed E-state index contributed by atoms with van der Waals surface area (Å²) in [6.07, 6.45) is 3.23. The fraction of sp³-hybridized carbons (Fsp3) is 0.278. The van der Waals surface area contributed by atoms with Crippen LogP contribution in [0.1, 0.15) is 5.56 Å². The van der Waals surface area contributed by atoms with E-state index in [0.717, 1.165) is 5.56 Å². The van der Waals surface area contributed by atoms with Crippen molar-refractivity contribution < 1.29 is 14.3 Å². The standard InChI is InChI=1S/C18H23N5O3.HI/c1-19-18(22-12-17(24)23-14-5-4-8-20-11-14)21-10-13-6-7-15(25-2)16(9-13)26-3;/h4-9,11H,10,12H2,1-3H3,(H,23,24)(H2,19,21,22);1H. The van der Waals surface area contributed by atoms with E-state index in [0.29, 0.717) is 29.7 Å². The molecule has 1 aromatic heterocycles. The highest BCUT2D eigenvalue weighted by Gasteiger charge is 2.07. The number of aliphatic imine (C=N–C) groups is 1. The molecule has 1 heterocycles.